The molecular formula is C31H35N7O2. The summed E-state index contributed by atoms with van der Waals surface area (Å²) in [6, 6.07) is 22.5. The number of hydrogen-bond acceptors (Lipinski definition) is 8. The first-order valence-corrected chi connectivity index (χ1v) is 13.9. The summed E-state index contributed by atoms with van der Waals surface area (Å²) in [6.07, 6.45) is 1.86. The van der Waals surface area contributed by atoms with Crippen molar-refractivity contribution in [3.8, 4) is 11.1 Å². The number of nitrogens with zero attached hydrogens (tertiary/aromatic N) is 5. The molecule has 1 amide bonds. The van der Waals surface area contributed by atoms with Gasteiger partial charge in [-0.15, -0.1) is 0 Å². The third kappa shape index (κ3) is 6.22. The van der Waals surface area contributed by atoms with E-state index in [2.05, 4.69) is 61.6 Å². The molecule has 0 bridgehead atoms. The molecule has 0 spiro atoms. The van der Waals surface area contributed by atoms with E-state index in [1.807, 2.05) is 48.7 Å². The Labute approximate surface area is 234 Å². The zero-order valence-corrected chi connectivity index (χ0v) is 22.8. The van der Waals surface area contributed by atoms with E-state index in [1.54, 1.807) is 0 Å². The first-order valence-electron chi connectivity index (χ1n) is 13.9. The van der Waals surface area contributed by atoms with Gasteiger partial charge in [-0.25, -0.2) is 9.97 Å². The fourth-order valence-electron chi connectivity index (χ4n) is 5.22. The van der Waals surface area contributed by atoms with E-state index in [4.69, 9.17) is 9.72 Å². The van der Waals surface area contributed by atoms with Crippen LogP contribution in [0.1, 0.15) is 0 Å². The number of fused-ring (bicyclic) bond motifs is 1. The molecule has 0 radical (unpaired) electrons. The van der Waals surface area contributed by atoms with Gasteiger partial charge < -0.3 is 25.2 Å². The van der Waals surface area contributed by atoms with Gasteiger partial charge in [-0.1, -0.05) is 36.4 Å². The number of carbonyl (C=O) groups excluding carboxylic acids is 1. The number of amides is 1. The average Bonchev–Trinajstić information content (AvgIpc) is 2.98. The molecule has 3 aromatic carbocycles. The maximum absolute atomic E-state index is 12.5. The summed E-state index contributed by atoms with van der Waals surface area (Å²) in [5, 5.41) is 7.39. The highest BCUT2D eigenvalue weighted by atomic mass is 16.5. The quantitative estimate of drug-likeness (QED) is 0.365. The zero-order valence-electron chi connectivity index (χ0n) is 22.8. The van der Waals surface area contributed by atoms with E-state index >= 15 is 0 Å². The van der Waals surface area contributed by atoms with E-state index in [-0.39, 0.29) is 5.91 Å². The number of rotatable bonds is 7. The SMILES string of the molecule is CN1CCN(c2cccc(Nc3ncc4cccc(-c5ccc(NC(=O)CN6CCOCC6)cc5)c4n3)c2)CC1. The summed E-state index contributed by atoms with van der Waals surface area (Å²) in [7, 11) is 2.17. The number of benzene rings is 3. The van der Waals surface area contributed by atoms with Gasteiger partial charge in [-0.05, 0) is 42.9 Å². The number of hydrogen-bond donors (Lipinski definition) is 2. The minimum Gasteiger partial charge on any atom is -0.379 e. The smallest absolute Gasteiger partial charge is 0.238 e. The maximum Gasteiger partial charge on any atom is 0.238 e. The van der Waals surface area contributed by atoms with Gasteiger partial charge in [0.2, 0.25) is 11.9 Å². The lowest BCUT2D eigenvalue weighted by Crippen LogP contribution is -2.44. The van der Waals surface area contributed by atoms with Gasteiger partial charge in [0, 0.05) is 73.5 Å². The van der Waals surface area contributed by atoms with Crippen LogP contribution in [-0.2, 0) is 9.53 Å². The molecule has 0 atom stereocenters. The standard InChI is InChI=1S/C31H35N7O2/c1-36-12-14-38(15-13-36)27-6-3-5-26(20-27)34-31-32-21-24-4-2-7-28(30(24)35-31)23-8-10-25(11-9-23)33-29(39)22-37-16-18-40-19-17-37/h2-11,20-21H,12-19,22H2,1H3,(H,33,39)(H,32,34,35). The van der Waals surface area contributed by atoms with Gasteiger partial charge in [-0.3, -0.25) is 9.69 Å². The van der Waals surface area contributed by atoms with E-state index in [0.29, 0.717) is 25.7 Å². The molecule has 9 heteroatoms. The number of aromatic nitrogens is 2. The number of nitrogens with one attached hydrogen (secondary N) is 2. The van der Waals surface area contributed by atoms with Gasteiger partial charge >= 0.3 is 0 Å². The van der Waals surface area contributed by atoms with E-state index in [1.165, 1.54) is 5.69 Å². The third-order valence-electron chi connectivity index (χ3n) is 7.53. The molecule has 0 unspecified atom stereocenters. The second-order valence-corrected chi connectivity index (χ2v) is 10.4. The molecule has 1 aromatic heterocycles. The number of likely N-dealkylation sites (N-methyl/N-ethyl adjacent to an activating group) is 1. The average molecular weight is 538 g/mol. The molecule has 2 aliphatic rings. The fraction of sp³-hybridized carbons (Fsp3) is 0.323. The molecule has 2 N–H and O–H groups in total. The van der Waals surface area contributed by atoms with Crippen molar-refractivity contribution < 1.29 is 9.53 Å². The van der Waals surface area contributed by atoms with Crippen molar-refractivity contribution in [1.29, 1.82) is 0 Å². The van der Waals surface area contributed by atoms with Crippen LogP contribution in [0.3, 0.4) is 0 Å². The van der Waals surface area contributed by atoms with Gasteiger partial charge in [0.1, 0.15) is 0 Å². The second kappa shape index (κ2) is 12.0. The zero-order chi connectivity index (χ0) is 27.3. The second-order valence-electron chi connectivity index (χ2n) is 10.4. The molecule has 2 fully saturated rings. The Morgan fingerprint density at radius 1 is 0.900 bits per heavy atom. The van der Waals surface area contributed by atoms with Gasteiger partial charge in [0.25, 0.3) is 0 Å². The van der Waals surface area contributed by atoms with Crippen molar-refractivity contribution in [3.05, 3.63) is 72.9 Å². The van der Waals surface area contributed by atoms with Crippen LogP contribution in [0.15, 0.2) is 72.9 Å². The Bertz CT molecular complexity index is 1460. The van der Waals surface area contributed by atoms with Gasteiger partial charge in [0.05, 0.1) is 25.3 Å². The highest BCUT2D eigenvalue weighted by Gasteiger charge is 2.16. The molecule has 0 aliphatic carbocycles. The molecule has 6 rings (SSSR count). The summed E-state index contributed by atoms with van der Waals surface area (Å²) in [6.45, 7) is 7.47. The Kier molecular flexibility index (Phi) is 7.85. The molecule has 4 aromatic rings. The van der Waals surface area contributed by atoms with Crippen molar-refractivity contribution in [3.63, 3.8) is 0 Å². The minimum absolute atomic E-state index is 0.0139. The maximum atomic E-state index is 12.5. The normalized spacial score (nSPS) is 16.7. The summed E-state index contributed by atoms with van der Waals surface area (Å²) in [5.74, 6) is 0.544. The van der Waals surface area contributed by atoms with Crippen molar-refractivity contribution >= 4 is 39.8 Å². The van der Waals surface area contributed by atoms with Crippen molar-refractivity contribution in [2.24, 2.45) is 0 Å². The van der Waals surface area contributed by atoms with Crippen LogP contribution in [-0.4, -0.2) is 91.7 Å². The number of piperazine rings is 1. The van der Waals surface area contributed by atoms with E-state index < -0.39 is 0 Å². The van der Waals surface area contributed by atoms with Crippen LogP contribution in [0.4, 0.5) is 23.0 Å². The topological polar surface area (TPSA) is 85.9 Å². The first kappa shape index (κ1) is 26.2. The number of ether oxygens (including phenoxy) is 1. The lowest BCUT2D eigenvalue weighted by Gasteiger charge is -2.34. The lowest BCUT2D eigenvalue weighted by molar-refractivity contribution is -0.118. The highest BCUT2D eigenvalue weighted by molar-refractivity contribution is 5.95. The Morgan fingerprint density at radius 3 is 2.48 bits per heavy atom. The number of anilines is 4. The van der Waals surface area contributed by atoms with Crippen LogP contribution < -0.4 is 15.5 Å². The molecule has 3 heterocycles. The van der Waals surface area contributed by atoms with E-state index in [9.17, 15) is 4.79 Å². The molecule has 0 saturated carbocycles. The molecule has 206 valence electrons. The number of carbonyl (C=O) groups is 1. The summed E-state index contributed by atoms with van der Waals surface area (Å²) in [4.78, 5) is 28.9. The predicted molar refractivity (Wildman–Crippen MR) is 160 cm³/mol. The summed E-state index contributed by atoms with van der Waals surface area (Å²) >= 11 is 0. The lowest BCUT2D eigenvalue weighted by atomic mass is 10.0. The van der Waals surface area contributed by atoms with Gasteiger partial charge in [0.15, 0.2) is 0 Å². The number of morpholine rings is 1. The highest BCUT2D eigenvalue weighted by Crippen LogP contribution is 2.30. The van der Waals surface area contributed by atoms with Gasteiger partial charge in [-0.2, -0.15) is 0 Å². The minimum atomic E-state index is -0.0139. The summed E-state index contributed by atoms with van der Waals surface area (Å²) < 4.78 is 5.36. The molecular weight excluding hydrogens is 502 g/mol. The van der Waals surface area contributed by atoms with Crippen LogP contribution in [0.2, 0.25) is 0 Å². The number of para-hydroxylation sites is 1. The van der Waals surface area contributed by atoms with Crippen molar-refractivity contribution in [2.45, 2.75) is 0 Å². The monoisotopic (exact) mass is 537 g/mol. The van der Waals surface area contributed by atoms with Crippen molar-refractivity contribution in [2.75, 3.05) is 81.6 Å². The largest absolute Gasteiger partial charge is 0.379 e. The molecule has 9 nitrogen and oxygen atoms in total. The Morgan fingerprint density at radius 2 is 1.68 bits per heavy atom. The fourth-order valence-corrected chi connectivity index (χ4v) is 5.22. The first-order chi connectivity index (χ1) is 19.6. The third-order valence-corrected chi connectivity index (χ3v) is 7.53. The predicted octanol–water partition coefficient (Wildman–Crippen LogP) is 4.06. The van der Waals surface area contributed by atoms with Crippen LogP contribution in [0, 0.1) is 0 Å². The van der Waals surface area contributed by atoms with Crippen molar-refractivity contribution in [1.82, 2.24) is 19.8 Å². The molecule has 2 aliphatic heterocycles. The Hall–Kier alpha value is -4.05. The van der Waals surface area contributed by atoms with Crippen LogP contribution in [0.25, 0.3) is 22.0 Å². The summed E-state index contributed by atoms with van der Waals surface area (Å²) in [5.41, 5.74) is 5.86. The van der Waals surface area contributed by atoms with Crippen LogP contribution in [0.5, 0.6) is 0 Å². The van der Waals surface area contributed by atoms with Crippen LogP contribution >= 0.6 is 0 Å². The molecule has 2 saturated heterocycles. The molecule has 40 heavy (non-hydrogen) atoms. The van der Waals surface area contributed by atoms with E-state index in [0.717, 1.165) is 72.7 Å². The Balaban J connectivity index is 1.17.